The van der Waals surface area contributed by atoms with Gasteiger partial charge in [-0.15, -0.1) is 0 Å². The maximum Gasteiger partial charge on any atom is 0.312 e. The van der Waals surface area contributed by atoms with E-state index >= 15 is 0 Å². The summed E-state index contributed by atoms with van der Waals surface area (Å²) in [5.41, 5.74) is 1.93. The van der Waals surface area contributed by atoms with E-state index in [4.69, 9.17) is 14.2 Å². The van der Waals surface area contributed by atoms with E-state index in [-0.39, 0.29) is 12.7 Å². The smallest absolute Gasteiger partial charge is 0.312 e. The maximum atomic E-state index is 11.6. The second-order valence-electron chi connectivity index (χ2n) is 6.94. The molecule has 6 heteroatoms. The number of epoxide rings is 1. The summed E-state index contributed by atoms with van der Waals surface area (Å²) in [4.78, 5) is 11.6. The summed E-state index contributed by atoms with van der Waals surface area (Å²) in [6, 6.07) is 19.2. The number of carboxylic acids is 1. The number of carboxylic acid groups (broad SMARTS) is 1. The van der Waals surface area contributed by atoms with Crippen LogP contribution in [0.5, 0.6) is 0 Å². The summed E-state index contributed by atoms with van der Waals surface area (Å²) in [7, 11) is 0. The fraction of sp³-hybridized carbons (Fsp3) is 0.381. The van der Waals surface area contributed by atoms with Crippen molar-refractivity contribution in [2.24, 2.45) is 5.92 Å². The summed E-state index contributed by atoms with van der Waals surface area (Å²) >= 11 is 0. The van der Waals surface area contributed by atoms with Crippen molar-refractivity contribution in [2.75, 3.05) is 0 Å². The highest BCUT2D eigenvalue weighted by Gasteiger charge is 2.64. The van der Waals surface area contributed by atoms with Crippen LogP contribution in [0.25, 0.3) is 0 Å². The van der Waals surface area contributed by atoms with Crippen molar-refractivity contribution in [3.8, 4) is 0 Å². The van der Waals surface area contributed by atoms with Crippen LogP contribution in [0.15, 0.2) is 60.7 Å². The molecule has 1 aliphatic heterocycles. The van der Waals surface area contributed by atoms with E-state index in [0.29, 0.717) is 6.61 Å². The molecule has 0 bridgehead atoms. The molecule has 142 valence electrons. The van der Waals surface area contributed by atoms with Crippen LogP contribution in [0, 0.1) is 5.92 Å². The van der Waals surface area contributed by atoms with Gasteiger partial charge in [0.1, 0.15) is 30.3 Å². The third-order valence-electron chi connectivity index (χ3n) is 5.12. The van der Waals surface area contributed by atoms with Crippen LogP contribution in [0.4, 0.5) is 0 Å². The molecule has 0 spiro atoms. The quantitative estimate of drug-likeness (QED) is 0.725. The van der Waals surface area contributed by atoms with Crippen LogP contribution in [0.2, 0.25) is 0 Å². The zero-order valence-corrected chi connectivity index (χ0v) is 14.7. The van der Waals surface area contributed by atoms with Crippen molar-refractivity contribution in [1.29, 1.82) is 0 Å². The summed E-state index contributed by atoms with van der Waals surface area (Å²) in [5, 5.41) is 20.1. The molecule has 2 N–H and O–H groups in total. The third kappa shape index (κ3) is 3.89. The number of carbonyl (C=O) groups is 1. The monoisotopic (exact) mass is 370 g/mol. The minimum absolute atomic E-state index is 0.261. The maximum absolute atomic E-state index is 11.6. The number of aliphatic carboxylic acids is 1. The van der Waals surface area contributed by atoms with E-state index in [0.717, 1.165) is 11.1 Å². The van der Waals surface area contributed by atoms with E-state index in [9.17, 15) is 15.0 Å². The average Bonchev–Trinajstić information content (AvgIpc) is 3.46. The Labute approximate surface area is 157 Å². The first kappa shape index (κ1) is 18.1. The molecule has 0 unspecified atom stereocenters. The number of benzene rings is 2. The van der Waals surface area contributed by atoms with Gasteiger partial charge in [-0.2, -0.15) is 0 Å². The predicted molar refractivity (Wildman–Crippen MR) is 95.8 cm³/mol. The second kappa shape index (κ2) is 7.78. The lowest BCUT2D eigenvalue weighted by atomic mass is 9.82. The van der Waals surface area contributed by atoms with Crippen molar-refractivity contribution >= 4 is 5.97 Å². The molecule has 0 amide bonds. The van der Waals surface area contributed by atoms with Crippen molar-refractivity contribution in [1.82, 2.24) is 0 Å². The fourth-order valence-corrected chi connectivity index (χ4v) is 3.67. The number of aliphatic hydroxyl groups excluding tert-OH is 1. The molecule has 0 radical (unpaired) electrons. The first-order valence-corrected chi connectivity index (χ1v) is 9.02. The van der Waals surface area contributed by atoms with Crippen LogP contribution in [-0.4, -0.2) is 46.7 Å². The Hall–Kier alpha value is -2.25. The summed E-state index contributed by atoms with van der Waals surface area (Å²) in [6.45, 7) is 0.602. The molecule has 2 aromatic rings. The zero-order chi connectivity index (χ0) is 18.8. The van der Waals surface area contributed by atoms with Crippen molar-refractivity contribution < 1.29 is 29.2 Å². The summed E-state index contributed by atoms with van der Waals surface area (Å²) in [5.74, 6) is -2.09. The second-order valence-corrected chi connectivity index (χ2v) is 6.94. The number of fused-ring (bicyclic) bond motifs is 1. The SMILES string of the molecule is O=C(O)[C@@H]1[C@@H](O)[C@H](OCc2ccccc2)[C@@H](OCc2ccccc2)[C@@H]2O[C@@H]21. The molecule has 0 aromatic heterocycles. The highest BCUT2D eigenvalue weighted by molar-refractivity contribution is 5.72. The molecule has 2 aromatic carbocycles. The van der Waals surface area contributed by atoms with Gasteiger partial charge >= 0.3 is 5.97 Å². The minimum atomic E-state index is -1.20. The molecule has 27 heavy (non-hydrogen) atoms. The van der Waals surface area contributed by atoms with Crippen molar-refractivity contribution in [3.05, 3.63) is 71.8 Å². The van der Waals surface area contributed by atoms with Crippen LogP contribution < -0.4 is 0 Å². The molecule has 6 atom stereocenters. The Morgan fingerprint density at radius 3 is 1.89 bits per heavy atom. The largest absolute Gasteiger partial charge is 0.481 e. The van der Waals surface area contributed by atoms with Gasteiger partial charge in [-0.25, -0.2) is 0 Å². The van der Waals surface area contributed by atoms with Gasteiger partial charge in [-0.3, -0.25) is 4.79 Å². The highest BCUT2D eigenvalue weighted by Crippen LogP contribution is 2.44. The van der Waals surface area contributed by atoms with E-state index in [2.05, 4.69) is 0 Å². The van der Waals surface area contributed by atoms with E-state index in [1.165, 1.54) is 0 Å². The molecular weight excluding hydrogens is 348 g/mol. The first-order chi connectivity index (χ1) is 13.1. The molecular formula is C21H22O6. The van der Waals surface area contributed by atoms with Crippen molar-refractivity contribution in [2.45, 2.75) is 43.7 Å². The lowest BCUT2D eigenvalue weighted by Gasteiger charge is -2.36. The summed E-state index contributed by atoms with van der Waals surface area (Å²) < 4.78 is 17.5. The van der Waals surface area contributed by atoms with Gasteiger partial charge in [0, 0.05) is 0 Å². The lowest BCUT2D eigenvalue weighted by molar-refractivity contribution is -0.174. The van der Waals surface area contributed by atoms with Gasteiger partial charge in [-0.05, 0) is 11.1 Å². The molecule has 1 aliphatic carbocycles. The van der Waals surface area contributed by atoms with Gasteiger partial charge in [0.05, 0.1) is 19.3 Å². The van der Waals surface area contributed by atoms with Crippen LogP contribution in [0.3, 0.4) is 0 Å². The number of aliphatic hydroxyl groups is 1. The standard InChI is InChI=1S/C21H22O6/c22-16-15(21(23)24)17-20(27-17)19(26-12-14-9-5-2-6-10-14)18(16)25-11-13-7-3-1-4-8-13/h1-10,15-20,22H,11-12H2,(H,23,24)/t15-,16-,17-,18+,19-,20-/m1/s1. The number of rotatable bonds is 7. The molecule has 2 aliphatic rings. The Kier molecular flexibility index (Phi) is 5.22. The molecule has 1 saturated heterocycles. The van der Waals surface area contributed by atoms with Crippen molar-refractivity contribution in [3.63, 3.8) is 0 Å². The molecule has 1 heterocycles. The zero-order valence-electron chi connectivity index (χ0n) is 14.7. The minimum Gasteiger partial charge on any atom is -0.481 e. The third-order valence-corrected chi connectivity index (χ3v) is 5.12. The fourth-order valence-electron chi connectivity index (χ4n) is 3.67. The normalized spacial score (nSPS) is 31.9. The molecule has 2 fully saturated rings. The van der Waals surface area contributed by atoms with Crippen LogP contribution >= 0.6 is 0 Å². The van der Waals surface area contributed by atoms with E-state index in [1.54, 1.807) is 0 Å². The van der Waals surface area contributed by atoms with Gasteiger partial charge in [0.15, 0.2) is 0 Å². The molecule has 6 nitrogen and oxygen atoms in total. The Morgan fingerprint density at radius 2 is 1.37 bits per heavy atom. The van der Waals surface area contributed by atoms with Gasteiger partial charge < -0.3 is 24.4 Å². The Bertz CT molecular complexity index is 765. The number of hydrogen-bond donors (Lipinski definition) is 2. The number of hydrogen-bond acceptors (Lipinski definition) is 5. The Balaban J connectivity index is 1.49. The van der Waals surface area contributed by atoms with Gasteiger partial charge in [-0.1, -0.05) is 60.7 Å². The van der Waals surface area contributed by atoms with Gasteiger partial charge in [0.2, 0.25) is 0 Å². The molecule has 4 rings (SSSR count). The van der Waals surface area contributed by atoms with E-state index in [1.807, 2.05) is 60.7 Å². The lowest BCUT2D eigenvalue weighted by Crippen LogP contribution is -2.55. The topological polar surface area (TPSA) is 88.5 Å². The van der Waals surface area contributed by atoms with Gasteiger partial charge in [0.25, 0.3) is 0 Å². The Morgan fingerprint density at radius 1 is 0.852 bits per heavy atom. The summed E-state index contributed by atoms with van der Waals surface area (Å²) in [6.07, 6.45) is -3.41. The molecule has 1 saturated carbocycles. The van der Waals surface area contributed by atoms with Crippen LogP contribution in [0.1, 0.15) is 11.1 Å². The first-order valence-electron chi connectivity index (χ1n) is 9.02. The predicted octanol–water partition coefficient (Wildman–Crippen LogP) is 2.00. The highest BCUT2D eigenvalue weighted by atomic mass is 16.6. The van der Waals surface area contributed by atoms with E-state index < -0.39 is 36.3 Å². The van der Waals surface area contributed by atoms with Crippen LogP contribution in [-0.2, 0) is 32.2 Å². The average molecular weight is 370 g/mol. The number of ether oxygens (including phenoxy) is 3.